The first kappa shape index (κ1) is 15.7. The number of ether oxygens (including phenoxy) is 2. The topological polar surface area (TPSA) is 81.5 Å². The van der Waals surface area contributed by atoms with Crippen LogP contribution in [0.15, 0.2) is 30.5 Å². The van der Waals surface area contributed by atoms with Gasteiger partial charge < -0.3 is 14.6 Å². The Balaban J connectivity index is 1.90. The molecule has 1 saturated heterocycles. The minimum absolute atomic E-state index is 0.0361. The van der Waals surface area contributed by atoms with Gasteiger partial charge in [0.1, 0.15) is 12.3 Å². The molecule has 1 aliphatic heterocycles. The molecule has 1 aromatic carbocycles. The summed E-state index contributed by atoms with van der Waals surface area (Å²) in [4.78, 5) is 19.4. The van der Waals surface area contributed by atoms with E-state index in [1.165, 1.54) is 6.20 Å². The van der Waals surface area contributed by atoms with Crippen LogP contribution < -0.4 is 4.74 Å². The van der Waals surface area contributed by atoms with Crippen LogP contribution in [0.5, 0.6) is 5.88 Å². The van der Waals surface area contributed by atoms with Crippen LogP contribution in [0.25, 0.3) is 11.3 Å². The van der Waals surface area contributed by atoms with E-state index in [1.807, 2.05) is 0 Å². The van der Waals surface area contributed by atoms with E-state index in [2.05, 4.69) is 9.97 Å². The Hall–Kier alpha value is -2.18. The third-order valence-corrected chi connectivity index (χ3v) is 3.76. The van der Waals surface area contributed by atoms with E-state index in [9.17, 15) is 4.79 Å². The quantitative estimate of drug-likeness (QED) is 0.905. The first-order chi connectivity index (χ1) is 11.1. The Morgan fingerprint density at radius 1 is 1.39 bits per heavy atom. The van der Waals surface area contributed by atoms with Crippen molar-refractivity contribution in [2.75, 3.05) is 13.2 Å². The van der Waals surface area contributed by atoms with Gasteiger partial charge in [0.05, 0.1) is 12.3 Å². The molecule has 120 valence electrons. The van der Waals surface area contributed by atoms with Crippen LogP contribution in [0.4, 0.5) is 0 Å². The maximum absolute atomic E-state index is 11.1. The lowest BCUT2D eigenvalue weighted by Gasteiger charge is -2.13. The van der Waals surface area contributed by atoms with Gasteiger partial charge in [-0.05, 0) is 25.0 Å². The summed E-state index contributed by atoms with van der Waals surface area (Å²) in [6.07, 6.45) is 3.18. The highest BCUT2D eigenvalue weighted by Gasteiger charge is 2.19. The molecule has 2 heterocycles. The van der Waals surface area contributed by atoms with E-state index in [-0.39, 0.29) is 17.7 Å². The Labute approximate surface area is 138 Å². The number of carboxylic acids is 1. The van der Waals surface area contributed by atoms with Gasteiger partial charge in [-0.1, -0.05) is 23.7 Å². The van der Waals surface area contributed by atoms with E-state index in [0.29, 0.717) is 22.9 Å². The Bertz CT molecular complexity index is 700. The van der Waals surface area contributed by atoms with Crippen LogP contribution in [0.3, 0.4) is 0 Å². The third kappa shape index (κ3) is 3.78. The Morgan fingerprint density at radius 2 is 2.17 bits per heavy atom. The van der Waals surface area contributed by atoms with Gasteiger partial charge in [0.15, 0.2) is 5.69 Å². The number of halogens is 1. The normalized spacial score (nSPS) is 17.2. The summed E-state index contributed by atoms with van der Waals surface area (Å²) in [6, 6.07) is 6.90. The SMILES string of the molecule is O=C(O)c1cnc(OCC2CCCO2)c(-c2ccc(Cl)cc2)n1. The van der Waals surface area contributed by atoms with E-state index >= 15 is 0 Å². The molecule has 2 aromatic rings. The fraction of sp³-hybridized carbons (Fsp3) is 0.312. The lowest BCUT2D eigenvalue weighted by Crippen LogP contribution is -2.17. The molecular weight excluding hydrogens is 320 g/mol. The van der Waals surface area contributed by atoms with Gasteiger partial charge in [-0.2, -0.15) is 0 Å². The van der Waals surface area contributed by atoms with Gasteiger partial charge in [0.25, 0.3) is 0 Å². The number of nitrogens with zero attached hydrogens (tertiary/aromatic N) is 2. The molecule has 1 N–H and O–H groups in total. The van der Waals surface area contributed by atoms with E-state index in [1.54, 1.807) is 24.3 Å². The average Bonchev–Trinajstić information content (AvgIpc) is 3.07. The molecule has 0 radical (unpaired) electrons. The minimum Gasteiger partial charge on any atom is -0.476 e. The molecule has 0 aliphatic carbocycles. The monoisotopic (exact) mass is 334 g/mol. The van der Waals surface area contributed by atoms with Gasteiger partial charge in [-0.3, -0.25) is 0 Å². The fourth-order valence-corrected chi connectivity index (χ4v) is 2.46. The highest BCUT2D eigenvalue weighted by atomic mass is 35.5. The molecular formula is C16H15ClN2O4. The van der Waals surface area contributed by atoms with Crippen molar-refractivity contribution in [1.29, 1.82) is 0 Å². The second kappa shape index (κ2) is 6.93. The Kier molecular flexibility index (Phi) is 4.73. The number of aromatic nitrogens is 2. The highest BCUT2D eigenvalue weighted by Crippen LogP contribution is 2.28. The van der Waals surface area contributed by atoms with Crippen molar-refractivity contribution in [3.05, 3.63) is 41.2 Å². The molecule has 1 atom stereocenters. The van der Waals surface area contributed by atoms with Gasteiger partial charge in [-0.15, -0.1) is 0 Å². The van der Waals surface area contributed by atoms with Crippen molar-refractivity contribution in [3.8, 4) is 17.1 Å². The van der Waals surface area contributed by atoms with Crippen molar-refractivity contribution in [2.45, 2.75) is 18.9 Å². The predicted octanol–water partition coefficient (Wildman–Crippen LogP) is 3.05. The van der Waals surface area contributed by atoms with Crippen LogP contribution in [-0.2, 0) is 4.74 Å². The lowest BCUT2D eigenvalue weighted by molar-refractivity contribution is 0.0657. The van der Waals surface area contributed by atoms with Crippen LogP contribution in [0, 0.1) is 0 Å². The number of benzene rings is 1. The minimum atomic E-state index is -1.14. The second-order valence-electron chi connectivity index (χ2n) is 5.17. The molecule has 6 nitrogen and oxygen atoms in total. The summed E-state index contributed by atoms with van der Waals surface area (Å²) in [5, 5.41) is 9.69. The van der Waals surface area contributed by atoms with Crippen LogP contribution >= 0.6 is 11.6 Å². The van der Waals surface area contributed by atoms with Crippen molar-refractivity contribution >= 4 is 17.6 Å². The summed E-state index contributed by atoms with van der Waals surface area (Å²) >= 11 is 5.89. The summed E-state index contributed by atoms with van der Waals surface area (Å²) in [5.74, 6) is -0.855. The molecule has 1 fully saturated rings. The van der Waals surface area contributed by atoms with Crippen molar-refractivity contribution in [2.24, 2.45) is 0 Å². The molecule has 1 aliphatic rings. The predicted molar refractivity (Wildman–Crippen MR) is 83.9 cm³/mol. The zero-order valence-electron chi connectivity index (χ0n) is 12.2. The lowest BCUT2D eigenvalue weighted by atomic mass is 10.1. The van der Waals surface area contributed by atoms with Crippen molar-refractivity contribution in [3.63, 3.8) is 0 Å². The summed E-state index contributed by atoms with van der Waals surface area (Å²) in [6.45, 7) is 1.10. The number of hydrogen-bond acceptors (Lipinski definition) is 5. The van der Waals surface area contributed by atoms with Crippen LogP contribution in [-0.4, -0.2) is 40.4 Å². The van der Waals surface area contributed by atoms with Gasteiger partial charge >= 0.3 is 5.97 Å². The van der Waals surface area contributed by atoms with E-state index in [0.717, 1.165) is 19.4 Å². The zero-order valence-corrected chi connectivity index (χ0v) is 13.0. The smallest absolute Gasteiger partial charge is 0.356 e. The molecule has 0 saturated carbocycles. The van der Waals surface area contributed by atoms with Crippen molar-refractivity contribution < 1.29 is 19.4 Å². The van der Waals surface area contributed by atoms with Crippen LogP contribution in [0.2, 0.25) is 5.02 Å². The number of aromatic carboxylic acids is 1. The fourth-order valence-electron chi connectivity index (χ4n) is 2.33. The third-order valence-electron chi connectivity index (χ3n) is 3.51. The summed E-state index contributed by atoms with van der Waals surface area (Å²) in [7, 11) is 0. The molecule has 0 spiro atoms. The van der Waals surface area contributed by atoms with E-state index < -0.39 is 5.97 Å². The molecule has 0 bridgehead atoms. The molecule has 1 aromatic heterocycles. The maximum atomic E-state index is 11.1. The van der Waals surface area contributed by atoms with E-state index in [4.69, 9.17) is 26.2 Å². The van der Waals surface area contributed by atoms with Gasteiger partial charge in [0.2, 0.25) is 5.88 Å². The number of rotatable bonds is 5. The van der Waals surface area contributed by atoms with Gasteiger partial charge in [-0.25, -0.2) is 14.8 Å². The maximum Gasteiger partial charge on any atom is 0.356 e. The number of hydrogen-bond donors (Lipinski definition) is 1. The number of carboxylic acid groups (broad SMARTS) is 1. The zero-order chi connectivity index (χ0) is 16.2. The summed E-state index contributed by atoms with van der Waals surface area (Å²) in [5.41, 5.74) is 0.923. The van der Waals surface area contributed by atoms with Crippen LogP contribution in [0.1, 0.15) is 23.3 Å². The highest BCUT2D eigenvalue weighted by molar-refractivity contribution is 6.30. The molecule has 23 heavy (non-hydrogen) atoms. The first-order valence-electron chi connectivity index (χ1n) is 7.24. The average molecular weight is 335 g/mol. The van der Waals surface area contributed by atoms with Gasteiger partial charge in [0, 0.05) is 17.2 Å². The molecule has 3 rings (SSSR count). The number of carbonyl (C=O) groups is 1. The second-order valence-corrected chi connectivity index (χ2v) is 5.60. The first-order valence-corrected chi connectivity index (χ1v) is 7.62. The largest absolute Gasteiger partial charge is 0.476 e. The molecule has 0 amide bonds. The summed E-state index contributed by atoms with van der Waals surface area (Å²) < 4.78 is 11.2. The Morgan fingerprint density at radius 3 is 2.83 bits per heavy atom. The standard InChI is InChI=1S/C16H15ClN2O4/c17-11-5-3-10(4-6-11)14-15(18-8-13(19-14)16(20)21)23-9-12-2-1-7-22-12/h3-6,8,12H,1-2,7,9H2,(H,20,21). The van der Waals surface area contributed by atoms with Crippen molar-refractivity contribution in [1.82, 2.24) is 9.97 Å². The molecule has 1 unspecified atom stereocenters. The molecule has 7 heteroatoms.